The first-order valence-corrected chi connectivity index (χ1v) is 6.20. The molecule has 1 saturated heterocycles. The topological polar surface area (TPSA) is 55.4 Å². The Labute approximate surface area is 106 Å². The van der Waals surface area contributed by atoms with Crippen LogP contribution >= 0.6 is 0 Å². The van der Waals surface area contributed by atoms with E-state index in [2.05, 4.69) is 5.32 Å². The molecule has 2 atom stereocenters. The molecule has 4 heteroatoms. The fraction of sp³-hybridized carbons (Fsp3) is 0.429. The minimum Gasteiger partial charge on any atom is -0.459 e. The summed E-state index contributed by atoms with van der Waals surface area (Å²) in [4.78, 5) is 23.2. The van der Waals surface area contributed by atoms with Gasteiger partial charge in [-0.2, -0.15) is 0 Å². The highest BCUT2D eigenvalue weighted by Crippen LogP contribution is 2.21. The molecule has 1 amide bonds. The van der Waals surface area contributed by atoms with Crippen LogP contribution in [0.3, 0.4) is 0 Å². The monoisotopic (exact) mass is 247 g/mol. The van der Waals surface area contributed by atoms with Gasteiger partial charge in [-0.15, -0.1) is 0 Å². The second-order valence-electron chi connectivity index (χ2n) is 4.51. The molecule has 1 fully saturated rings. The van der Waals surface area contributed by atoms with Gasteiger partial charge < -0.3 is 10.1 Å². The van der Waals surface area contributed by atoms with Gasteiger partial charge in [0.15, 0.2) is 0 Å². The molecule has 1 aromatic rings. The maximum Gasteiger partial charge on any atom is 0.329 e. The molecule has 2 rings (SSSR count). The molecule has 0 saturated carbocycles. The van der Waals surface area contributed by atoms with Crippen molar-refractivity contribution in [2.45, 2.75) is 32.4 Å². The molecule has 4 nitrogen and oxygen atoms in total. The number of carbonyl (C=O) groups is 2. The largest absolute Gasteiger partial charge is 0.459 e. The lowest BCUT2D eigenvalue weighted by Crippen LogP contribution is -2.38. The summed E-state index contributed by atoms with van der Waals surface area (Å²) in [6.45, 7) is 2.23. The summed E-state index contributed by atoms with van der Waals surface area (Å²) >= 11 is 0. The molecular formula is C14H17NO3. The van der Waals surface area contributed by atoms with Gasteiger partial charge in [0.2, 0.25) is 5.91 Å². The Morgan fingerprint density at radius 1 is 1.39 bits per heavy atom. The molecule has 1 aliphatic heterocycles. The third-order valence-electron chi connectivity index (χ3n) is 3.24. The van der Waals surface area contributed by atoms with E-state index >= 15 is 0 Å². The number of benzene rings is 1. The van der Waals surface area contributed by atoms with Crippen molar-refractivity contribution in [1.29, 1.82) is 0 Å². The fourth-order valence-electron chi connectivity index (χ4n) is 2.16. The predicted octanol–water partition coefficient (Wildman–Crippen LogP) is 1.64. The van der Waals surface area contributed by atoms with Crippen LogP contribution in [0.15, 0.2) is 30.3 Å². The number of carbonyl (C=O) groups excluding carboxylic acids is 2. The molecular weight excluding hydrogens is 230 g/mol. The number of hydrogen-bond acceptors (Lipinski definition) is 3. The Morgan fingerprint density at radius 3 is 2.78 bits per heavy atom. The van der Waals surface area contributed by atoms with Crippen molar-refractivity contribution in [2.24, 2.45) is 5.92 Å². The smallest absolute Gasteiger partial charge is 0.329 e. The van der Waals surface area contributed by atoms with Gasteiger partial charge in [-0.25, -0.2) is 4.79 Å². The van der Waals surface area contributed by atoms with Gasteiger partial charge in [-0.1, -0.05) is 43.7 Å². The maximum absolute atomic E-state index is 11.9. The molecule has 1 aromatic carbocycles. The molecule has 1 heterocycles. The van der Waals surface area contributed by atoms with E-state index in [0.29, 0.717) is 6.42 Å². The van der Waals surface area contributed by atoms with E-state index in [1.807, 2.05) is 37.3 Å². The van der Waals surface area contributed by atoms with Crippen LogP contribution in [0.4, 0.5) is 0 Å². The van der Waals surface area contributed by atoms with Gasteiger partial charge in [0.05, 0.1) is 0 Å². The minimum absolute atomic E-state index is 0.0563. The van der Waals surface area contributed by atoms with E-state index in [9.17, 15) is 9.59 Å². The lowest BCUT2D eigenvalue weighted by atomic mass is 9.98. The lowest BCUT2D eigenvalue weighted by Gasteiger charge is -2.15. The van der Waals surface area contributed by atoms with Crippen molar-refractivity contribution in [3.63, 3.8) is 0 Å². The van der Waals surface area contributed by atoms with E-state index in [1.165, 1.54) is 0 Å². The van der Waals surface area contributed by atoms with Crippen LogP contribution in [-0.2, 0) is 20.9 Å². The summed E-state index contributed by atoms with van der Waals surface area (Å²) in [7, 11) is 0. The number of rotatable bonds is 4. The molecule has 0 aliphatic carbocycles. The SMILES string of the molecule is CC[C@@H]1CC(=O)N[C@@H]1C(=O)OCc1ccccc1. The second kappa shape index (κ2) is 5.67. The third kappa shape index (κ3) is 2.88. The normalized spacial score (nSPS) is 22.6. The lowest BCUT2D eigenvalue weighted by molar-refractivity contribution is -0.148. The van der Waals surface area contributed by atoms with Gasteiger partial charge in [0, 0.05) is 6.42 Å². The molecule has 0 bridgehead atoms. The van der Waals surface area contributed by atoms with Crippen molar-refractivity contribution in [3.8, 4) is 0 Å². The Balaban J connectivity index is 1.90. The molecule has 1 aliphatic rings. The van der Waals surface area contributed by atoms with Gasteiger partial charge in [-0.05, 0) is 11.5 Å². The predicted molar refractivity (Wildman–Crippen MR) is 66.6 cm³/mol. The minimum atomic E-state index is -0.480. The summed E-state index contributed by atoms with van der Waals surface area (Å²) in [5, 5.41) is 2.68. The Morgan fingerprint density at radius 2 is 2.11 bits per heavy atom. The molecule has 0 aromatic heterocycles. The molecule has 0 unspecified atom stereocenters. The van der Waals surface area contributed by atoms with Crippen LogP contribution in [0.1, 0.15) is 25.3 Å². The number of hydrogen-bond donors (Lipinski definition) is 1. The second-order valence-corrected chi connectivity index (χ2v) is 4.51. The van der Waals surface area contributed by atoms with Gasteiger partial charge in [0.1, 0.15) is 12.6 Å². The van der Waals surface area contributed by atoms with E-state index in [0.717, 1.165) is 12.0 Å². The van der Waals surface area contributed by atoms with E-state index in [1.54, 1.807) is 0 Å². The van der Waals surface area contributed by atoms with Gasteiger partial charge in [-0.3, -0.25) is 4.79 Å². The van der Waals surface area contributed by atoms with Crippen molar-refractivity contribution in [2.75, 3.05) is 0 Å². The van der Waals surface area contributed by atoms with Gasteiger partial charge >= 0.3 is 5.97 Å². The molecule has 96 valence electrons. The Hall–Kier alpha value is -1.84. The zero-order valence-corrected chi connectivity index (χ0v) is 10.4. The van der Waals surface area contributed by atoms with Crippen LogP contribution in [0.2, 0.25) is 0 Å². The molecule has 0 spiro atoms. The van der Waals surface area contributed by atoms with Crippen molar-refractivity contribution >= 4 is 11.9 Å². The highest BCUT2D eigenvalue weighted by atomic mass is 16.5. The van der Waals surface area contributed by atoms with Crippen LogP contribution in [0.5, 0.6) is 0 Å². The first kappa shape index (κ1) is 12.6. The molecule has 1 N–H and O–H groups in total. The summed E-state index contributed by atoms with van der Waals surface area (Å²) in [6, 6.07) is 9.03. The molecule has 18 heavy (non-hydrogen) atoms. The summed E-state index contributed by atoms with van der Waals surface area (Å²) in [5.74, 6) is -0.346. The van der Waals surface area contributed by atoms with E-state index in [-0.39, 0.29) is 24.4 Å². The summed E-state index contributed by atoms with van der Waals surface area (Å²) in [6.07, 6.45) is 1.21. The van der Waals surface area contributed by atoms with Crippen LogP contribution < -0.4 is 5.32 Å². The zero-order valence-electron chi connectivity index (χ0n) is 10.4. The standard InChI is InChI=1S/C14H17NO3/c1-2-11-8-12(16)15-13(11)14(17)18-9-10-6-4-3-5-7-10/h3-7,11,13H,2,8-9H2,1H3,(H,15,16)/t11-,13+/m1/s1. The van der Waals surface area contributed by atoms with Crippen molar-refractivity contribution in [3.05, 3.63) is 35.9 Å². The summed E-state index contributed by atoms with van der Waals surface area (Å²) in [5.41, 5.74) is 0.947. The van der Waals surface area contributed by atoms with Crippen LogP contribution in [0, 0.1) is 5.92 Å². The average molecular weight is 247 g/mol. The number of esters is 1. The highest BCUT2D eigenvalue weighted by Gasteiger charge is 2.37. The molecule has 0 radical (unpaired) electrons. The van der Waals surface area contributed by atoms with Crippen LogP contribution in [-0.4, -0.2) is 17.9 Å². The fourth-order valence-corrected chi connectivity index (χ4v) is 2.16. The van der Waals surface area contributed by atoms with E-state index < -0.39 is 6.04 Å². The Kier molecular flexibility index (Phi) is 3.97. The van der Waals surface area contributed by atoms with E-state index in [4.69, 9.17) is 4.74 Å². The third-order valence-corrected chi connectivity index (χ3v) is 3.24. The number of ether oxygens (including phenoxy) is 1. The highest BCUT2D eigenvalue weighted by molar-refractivity contribution is 5.88. The van der Waals surface area contributed by atoms with Gasteiger partial charge in [0.25, 0.3) is 0 Å². The quantitative estimate of drug-likeness (QED) is 0.823. The van der Waals surface area contributed by atoms with Crippen molar-refractivity contribution < 1.29 is 14.3 Å². The average Bonchev–Trinajstić information content (AvgIpc) is 2.78. The summed E-state index contributed by atoms with van der Waals surface area (Å²) < 4.78 is 5.24. The Bertz CT molecular complexity index is 430. The zero-order chi connectivity index (χ0) is 13.0. The first-order valence-electron chi connectivity index (χ1n) is 6.20. The van der Waals surface area contributed by atoms with Crippen molar-refractivity contribution in [1.82, 2.24) is 5.32 Å². The number of amides is 1. The van der Waals surface area contributed by atoms with Crippen LogP contribution in [0.25, 0.3) is 0 Å². The maximum atomic E-state index is 11.9. The number of nitrogens with one attached hydrogen (secondary N) is 1. The first-order chi connectivity index (χ1) is 8.70.